The number of rotatable bonds is 5. The Kier molecular flexibility index (Phi) is 4.49. The maximum atomic E-state index is 11.8. The number of amides is 1. The van der Waals surface area contributed by atoms with Crippen LogP contribution in [0.5, 0.6) is 0 Å². The number of carbonyl (C=O) groups is 1. The minimum atomic E-state index is -0.0477. The zero-order chi connectivity index (χ0) is 12.1. The van der Waals surface area contributed by atoms with E-state index < -0.39 is 0 Å². The molecule has 0 aromatic carbocycles. The monoisotopic (exact) mass is 224 g/mol. The first-order chi connectivity index (χ1) is 7.52. The number of hydrogen-bond acceptors (Lipinski definition) is 3. The van der Waals surface area contributed by atoms with Crippen molar-refractivity contribution >= 4 is 5.91 Å². The molecule has 0 fully saturated rings. The van der Waals surface area contributed by atoms with Crippen LogP contribution in [0.1, 0.15) is 30.8 Å². The molecule has 1 heterocycles. The van der Waals surface area contributed by atoms with Gasteiger partial charge in [0.15, 0.2) is 0 Å². The number of nitrogens with two attached hydrogens (primary N) is 1. The number of aromatic nitrogens is 2. The van der Waals surface area contributed by atoms with Crippen LogP contribution in [0.4, 0.5) is 0 Å². The molecular weight excluding hydrogens is 204 g/mol. The zero-order valence-corrected chi connectivity index (χ0v) is 10.1. The average Bonchev–Trinajstić information content (AvgIpc) is 2.77. The van der Waals surface area contributed by atoms with Crippen molar-refractivity contribution < 1.29 is 4.79 Å². The predicted molar refractivity (Wildman–Crippen MR) is 63.0 cm³/mol. The van der Waals surface area contributed by atoms with E-state index in [4.69, 9.17) is 5.73 Å². The summed E-state index contributed by atoms with van der Waals surface area (Å²) in [5, 5.41) is 6.41. The van der Waals surface area contributed by atoms with Crippen LogP contribution >= 0.6 is 0 Å². The molecule has 0 aliphatic heterocycles. The lowest BCUT2D eigenvalue weighted by molar-refractivity contribution is 0.0783. The van der Waals surface area contributed by atoms with Gasteiger partial charge in [-0.25, -0.2) is 0 Å². The summed E-state index contributed by atoms with van der Waals surface area (Å²) in [6.07, 6.45) is 2.38. The van der Waals surface area contributed by atoms with Crippen molar-refractivity contribution in [3.63, 3.8) is 0 Å². The van der Waals surface area contributed by atoms with E-state index in [1.807, 2.05) is 0 Å². The Morgan fingerprint density at radius 3 is 2.81 bits per heavy atom. The molecule has 90 valence electrons. The van der Waals surface area contributed by atoms with Crippen molar-refractivity contribution in [1.82, 2.24) is 15.1 Å². The molecule has 0 saturated carbocycles. The third-order valence-electron chi connectivity index (χ3n) is 2.73. The van der Waals surface area contributed by atoms with E-state index in [1.165, 1.54) is 0 Å². The van der Waals surface area contributed by atoms with Gasteiger partial charge in [-0.2, -0.15) is 5.10 Å². The molecule has 0 spiro atoms. The molecule has 5 heteroatoms. The summed E-state index contributed by atoms with van der Waals surface area (Å²) in [6, 6.07) is 1.80. The smallest absolute Gasteiger partial charge is 0.271 e. The molecule has 16 heavy (non-hydrogen) atoms. The lowest BCUT2D eigenvalue weighted by atomic mass is 10.0. The maximum absolute atomic E-state index is 11.8. The molecule has 1 amide bonds. The largest absolute Gasteiger partial charge is 0.340 e. The lowest BCUT2D eigenvalue weighted by Crippen LogP contribution is -2.34. The van der Waals surface area contributed by atoms with Crippen molar-refractivity contribution in [2.45, 2.75) is 26.3 Å². The van der Waals surface area contributed by atoms with Crippen LogP contribution < -0.4 is 5.73 Å². The van der Waals surface area contributed by atoms with Gasteiger partial charge in [0, 0.05) is 25.8 Å². The van der Waals surface area contributed by atoms with E-state index in [0.29, 0.717) is 18.2 Å². The summed E-state index contributed by atoms with van der Waals surface area (Å²) >= 11 is 0. The first kappa shape index (κ1) is 12.7. The van der Waals surface area contributed by atoms with Crippen molar-refractivity contribution in [3.8, 4) is 0 Å². The molecule has 0 aliphatic rings. The number of H-pyrrole nitrogens is 1. The SMILES string of the molecule is CC(C)C(N)CCN(C)C(=O)c1ccn[nH]1. The molecule has 1 atom stereocenters. The van der Waals surface area contributed by atoms with Crippen molar-refractivity contribution in [3.05, 3.63) is 18.0 Å². The lowest BCUT2D eigenvalue weighted by Gasteiger charge is -2.20. The van der Waals surface area contributed by atoms with Gasteiger partial charge in [0.2, 0.25) is 0 Å². The van der Waals surface area contributed by atoms with Crippen molar-refractivity contribution in [2.24, 2.45) is 11.7 Å². The van der Waals surface area contributed by atoms with Gasteiger partial charge in [-0.15, -0.1) is 0 Å². The van der Waals surface area contributed by atoms with Gasteiger partial charge >= 0.3 is 0 Å². The van der Waals surface area contributed by atoms with E-state index in [1.54, 1.807) is 24.2 Å². The highest BCUT2D eigenvalue weighted by Crippen LogP contribution is 2.05. The molecule has 3 N–H and O–H groups in total. The van der Waals surface area contributed by atoms with Gasteiger partial charge in [-0.05, 0) is 18.4 Å². The average molecular weight is 224 g/mol. The molecule has 0 saturated heterocycles. The topological polar surface area (TPSA) is 75.0 Å². The molecule has 5 nitrogen and oxygen atoms in total. The number of carbonyl (C=O) groups excluding carboxylic acids is 1. The zero-order valence-electron chi connectivity index (χ0n) is 10.1. The highest BCUT2D eigenvalue weighted by molar-refractivity contribution is 5.91. The highest BCUT2D eigenvalue weighted by atomic mass is 16.2. The summed E-state index contributed by atoms with van der Waals surface area (Å²) in [5.74, 6) is 0.393. The van der Waals surface area contributed by atoms with Crippen molar-refractivity contribution in [1.29, 1.82) is 0 Å². The van der Waals surface area contributed by atoms with E-state index in [-0.39, 0.29) is 11.9 Å². The quantitative estimate of drug-likeness (QED) is 0.778. The minimum Gasteiger partial charge on any atom is -0.340 e. The Hall–Kier alpha value is -1.36. The van der Waals surface area contributed by atoms with Gasteiger partial charge in [0.1, 0.15) is 5.69 Å². The molecule has 0 bridgehead atoms. The second kappa shape index (κ2) is 5.65. The van der Waals surface area contributed by atoms with Crippen LogP contribution in [-0.4, -0.2) is 40.6 Å². The van der Waals surface area contributed by atoms with Crippen LogP contribution in [-0.2, 0) is 0 Å². The van der Waals surface area contributed by atoms with E-state index in [9.17, 15) is 4.79 Å². The highest BCUT2D eigenvalue weighted by Gasteiger charge is 2.14. The summed E-state index contributed by atoms with van der Waals surface area (Å²) in [4.78, 5) is 13.5. The van der Waals surface area contributed by atoms with Crippen molar-refractivity contribution in [2.75, 3.05) is 13.6 Å². The van der Waals surface area contributed by atoms with Crippen LogP contribution in [0, 0.1) is 5.92 Å². The standard InChI is InChI=1S/C11H20N4O/c1-8(2)9(12)5-7-15(3)11(16)10-4-6-13-14-10/h4,6,8-9H,5,7,12H2,1-3H3,(H,13,14). The van der Waals surface area contributed by atoms with E-state index >= 15 is 0 Å². The number of nitrogens with one attached hydrogen (secondary N) is 1. The fourth-order valence-electron chi connectivity index (χ4n) is 1.36. The molecule has 0 aliphatic carbocycles. The van der Waals surface area contributed by atoms with Gasteiger partial charge in [-0.1, -0.05) is 13.8 Å². The summed E-state index contributed by atoms with van der Waals surface area (Å²) in [7, 11) is 1.77. The minimum absolute atomic E-state index is 0.0477. The fraction of sp³-hybridized carbons (Fsp3) is 0.636. The molecule has 1 aromatic rings. The molecule has 0 radical (unpaired) electrons. The Labute approximate surface area is 96.0 Å². The third-order valence-corrected chi connectivity index (χ3v) is 2.73. The predicted octanol–water partition coefficient (Wildman–Crippen LogP) is 0.855. The van der Waals surface area contributed by atoms with Crippen LogP contribution in [0.3, 0.4) is 0 Å². The van der Waals surface area contributed by atoms with Gasteiger partial charge < -0.3 is 10.6 Å². The molecule has 1 rings (SSSR count). The Bertz CT molecular complexity index is 321. The molecular formula is C11H20N4O. The third kappa shape index (κ3) is 3.34. The van der Waals surface area contributed by atoms with Gasteiger partial charge in [-0.3, -0.25) is 9.89 Å². The Balaban J connectivity index is 2.41. The normalized spacial score (nSPS) is 12.8. The fourth-order valence-corrected chi connectivity index (χ4v) is 1.36. The first-order valence-electron chi connectivity index (χ1n) is 5.52. The Morgan fingerprint density at radius 2 is 2.31 bits per heavy atom. The molecule has 1 unspecified atom stereocenters. The number of nitrogens with zero attached hydrogens (tertiary/aromatic N) is 2. The number of aromatic amines is 1. The van der Waals surface area contributed by atoms with E-state index in [0.717, 1.165) is 6.42 Å². The van der Waals surface area contributed by atoms with Gasteiger partial charge in [0.05, 0.1) is 0 Å². The Morgan fingerprint density at radius 1 is 1.62 bits per heavy atom. The summed E-state index contributed by atoms with van der Waals surface area (Å²) in [5.41, 5.74) is 6.44. The summed E-state index contributed by atoms with van der Waals surface area (Å²) in [6.45, 7) is 4.83. The van der Waals surface area contributed by atoms with Gasteiger partial charge in [0.25, 0.3) is 5.91 Å². The number of hydrogen-bond donors (Lipinski definition) is 2. The molecule has 1 aromatic heterocycles. The summed E-state index contributed by atoms with van der Waals surface area (Å²) < 4.78 is 0. The van der Waals surface area contributed by atoms with Crippen LogP contribution in [0.15, 0.2) is 12.3 Å². The second-order valence-electron chi connectivity index (χ2n) is 4.39. The second-order valence-corrected chi connectivity index (χ2v) is 4.39. The van der Waals surface area contributed by atoms with Crippen LogP contribution in [0.2, 0.25) is 0 Å². The first-order valence-corrected chi connectivity index (χ1v) is 5.52. The maximum Gasteiger partial charge on any atom is 0.271 e. The van der Waals surface area contributed by atoms with Crippen LogP contribution in [0.25, 0.3) is 0 Å². The van der Waals surface area contributed by atoms with E-state index in [2.05, 4.69) is 24.0 Å².